The maximum Gasteiger partial charge on any atom is 0.265 e. The average Bonchev–Trinajstić information content (AvgIpc) is 3.02. The summed E-state index contributed by atoms with van der Waals surface area (Å²) in [6.07, 6.45) is 0. The van der Waals surface area contributed by atoms with E-state index in [0.717, 1.165) is 0 Å². The minimum atomic E-state index is -0.543. The monoisotopic (exact) mass is 317 g/mol. The number of hydrogen-bond acceptors (Lipinski definition) is 4. The van der Waals surface area contributed by atoms with Crippen molar-refractivity contribution in [3.8, 4) is 0 Å². The molecule has 0 saturated heterocycles. The fourth-order valence-corrected chi connectivity index (χ4v) is 2.38. The molecular formula is C16H19N3O2S. The summed E-state index contributed by atoms with van der Waals surface area (Å²) in [6, 6.07) is 9.99. The Kier molecular flexibility index (Phi) is 5.30. The van der Waals surface area contributed by atoms with Gasteiger partial charge in [-0.1, -0.05) is 19.9 Å². The zero-order chi connectivity index (χ0) is 16.1. The second kappa shape index (κ2) is 7.20. The summed E-state index contributed by atoms with van der Waals surface area (Å²) in [6.45, 7) is 3.79. The van der Waals surface area contributed by atoms with E-state index >= 15 is 0 Å². The Hall–Kier alpha value is -2.18. The Morgan fingerprint density at radius 1 is 1.05 bits per heavy atom. The van der Waals surface area contributed by atoms with E-state index in [1.165, 1.54) is 11.3 Å². The minimum absolute atomic E-state index is 0.0735. The van der Waals surface area contributed by atoms with Crippen LogP contribution in [0.4, 0.5) is 11.4 Å². The molecule has 1 aromatic carbocycles. The minimum Gasteiger partial charge on any atom is -0.325 e. The molecule has 6 heteroatoms. The van der Waals surface area contributed by atoms with E-state index in [1.807, 2.05) is 25.3 Å². The van der Waals surface area contributed by atoms with Crippen molar-refractivity contribution in [3.63, 3.8) is 0 Å². The quantitative estimate of drug-likeness (QED) is 0.792. The molecule has 0 bridgehead atoms. The van der Waals surface area contributed by atoms with Crippen molar-refractivity contribution in [2.45, 2.75) is 19.9 Å². The molecule has 0 aliphatic heterocycles. The molecule has 2 aromatic rings. The molecule has 1 aromatic heterocycles. The maximum atomic E-state index is 11.9. The Morgan fingerprint density at radius 2 is 1.64 bits per heavy atom. The van der Waals surface area contributed by atoms with Gasteiger partial charge in [-0.05, 0) is 41.6 Å². The van der Waals surface area contributed by atoms with Gasteiger partial charge in [0.15, 0.2) is 0 Å². The number of nitrogens with one attached hydrogen (secondary N) is 2. The molecule has 2 rings (SSSR count). The first-order chi connectivity index (χ1) is 10.5. The molecule has 116 valence electrons. The SMILES string of the molecule is CC(C)[C@H](N)C(=O)Nc1ccc(NC(=O)c2cccs2)cc1. The van der Waals surface area contributed by atoms with Crippen LogP contribution in [-0.2, 0) is 4.79 Å². The number of carbonyl (C=O) groups excluding carboxylic acids is 2. The molecule has 2 amide bonds. The number of hydrogen-bond donors (Lipinski definition) is 3. The molecule has 4 N–H and O–H groups in total. The number of nitrogens with two attached hydrogens (primary N) is 1. The van der Waals surface area contributed by atoms with Crippen LogP contribution in [-0.4, -0.2) is 17.9 Å². The van der Waals surface area contributed by atoms with Crippen molar-refractivity contribution in [3.05, 3.63) is 46.7 Å². The summed E-state index contributed by atoms with van der Waals surface area (Å²) in [5.74, 6) is -0.289. The summed E-state index contributed by atoms with van der Waals surface area (Å²) >= 11 is 1.38. The van der Waals surface area contributed by atoms with Crippen LogP contribution in [0.15, 0.2) is 41.8 Å². The van der Waals surface area contributed by atoms with Crippen LogP contribution >= 0.6 is 11.3 Å². The van der Waals surface area contributed by atoms with E-state index in [9.17, 15) is 9.59 Å². The fraction of sp³-hybridized carbons (Fsp3) is 0.250. The number of thiophene rings is 1. The van der Waals surface area contributed by atoms with E-state index in [-0.39, 0.29) is 17.7 Å². The third-order valence-corrected chi connectivity index (χ3v) is 4.04. The third-order valence-electron chi connectivity index (χ3n) is 3.18. The molecule has 0 fully saturated rings. The van der Waals surface area contributed by atoms with Crippen molar-refractivity contribution < 1.29 is 9.59 Å². The standard InChI is InChI=1S/C16H19N3O2S/c1-10(2)14(17)16(21)19-12-7-5-11(6-8-12)18-15(20)13-4-3-9-22-13/h3-10,14H,17H2,1-2H3,(H,18,20)(H,19,21)/t14-/m0/s1. The highest BCUT2D eigenvalue weighted by molar-refractivity contribution is 7.12. The lowest BCUT2D eigenvalue weighted by Crippen LogP contribution is -2.39. The zero-order valence-corrected chi connectivity index (χ0v) is 13.3. The highest BCUT2D eigenvalue weighted by Crippen LogP contribution is 2.16. The van der Waals surface area contributed by atoms with E-state index < -0.39 is 6.04 Å². The normalized spacial score (nSPS) is 12.0. The van der Waals surface area contributed by atoms with Gasteiger partial charge in [0, 0.05) is 11.4 Å². The van der Waals surface area contributed by atoms with Gasteiger partial charge in [-0.25, -0.2) is 0 Å². The van der Waals surface area contributed by atoms with Crippen molar-refractivity contribution in [2.75, 3.05) is 10.6 Å². The largest absolute Gasteiger partial charge is 0.325 e. The van der Waals surface area contributed by atoms with Crippen LogP contribution in [0.3, 0.4) is 0 Å². The summed E-state index contributed by atoms with van der Waals surface area (Å²) in [5, 5.41) is 7.41. The lowest BCUT2D eigenvalue weighted by Gasteiger charge is -2.15. The van der Waals surface area contributed by atoms with Crippen LogP contribution in [0.25, 0.3) is 0 Å². The molecule has 1 atom stereocenters. The molecule has 22 heavy (non-hydrogen) atoms. The van der Waals surface area contributed by atoms with Crippen LogP contribution in [0, 0.1) is 5.92 Å². The smallest absolute Gasteiger partial charge is 0.265 e. The van der Waals surface area contributed by atoms with E-state index in [1.54, 1.807) is 30.3 Å². The first kappa shape index (κ1) is 16.2. The van der Waals surface area contributed by atoms with E-state index in [2.05, 4.69) is 10.6 Å². The number of amides is 2. The van der Waals surface area contributed by atoms with Crippen LogP contribution < -0.4 is 16.4 Å². The van der Waals surface area contributed by atoms with Gasteiger partial charge >= 0.3 is 0 Å². The first-order valence-electron chi connectivity index (χ1n) is 6.98. The Morgan fingerprint density at radius 3 is 2.14 bits per heavy atom. The van der Waals surface area contributed by atoms with E-state index in [4.69, 9.17) is 5.73 Å². The Bertz CT molecular complexity index is 636. The Labute approximate surface area is 133 Å². The molecular weight excluding hydrogens is 298 g/mol. The van der Waals surface area contributed by atoms with Gasteiger partial charge in [0.05, 0.1) is 10.9 Å². The summed E-state index contributed by atoms with van der Waals surface area (Å²) in [5.41, 5.74) is 7.11. The number of rotatable bonds is 5. The second-order valence-electron chi connectivity index (χ2n) is 5.27. The van der Waals surface area contributed by atoms with Crippen LogP contribution in [0.2, 0.25) is 0 Å². The lowest BCUT2D eigenvalue weighted by molar-refractivity contribution is -0.118. The molecule has 0 aliphatic rings. The summed E-state index contributed by atoms with van der Waals surface area (Å²) in [7, 11) is 0. The highest BCUT2D eigenvalue weighted by atomic mass is 32.1. The predicted molar refractivity (Wildman–Crippen MR) is 90.2 cm³/mol. The summed E-state index contributed by atoms with van der Waals surface area (Å²) in [4.78, 5) is 24.4. The van der Waals surface area contributed by atoms with Gasteiger partial charge in [-0.2, -0.15) is 0 Å². The zero-order valence-electron chi connectivity index (χ0n) is 12.5. The van der Waals surface area contributed by atoms with Gasteiger partial charge in [0.25, 0.3) is 5.91 Å². The molecule has 0 spiro atoms. The predicted octanol–water partition coefficient (Wildman–Crippen LogP) is 2.92. The molecule has 0 unspecified atom stereocenters. The van der Waals surface area contributed by atoms with Crippen molar-refractivity contribution in [1.82, 2.24) is 0 Å². The molecule has 0 aliphatic carbocycles. The summed E-state index contributed by atoms with van der Waals surface area (Å²) < 4.78 is 0. The molecule has 0 radical (unpaired) electrons. The topological polar surface area (TPSA) is 84.2 Å². The number of anilines is 2. The van der Waals surface area contributed by atoms with Crippen molar-refractivity contribution >= 4 is 34.5 Å². The second-order valence-corrected chi connectivity index (χ2v) is 6.22. The average molecular weight is 317 g/mol. The van der Waals surface area contributed by atoms with Crippen molar-refractivity contribution in [2.24, 2.45) is 11.7 Å². The van der Waals surface area contributed by atoms with Gasteiger partial charge < -0.3 is 16.4 Å². The Balaban J connectivity index is 1.96. The molecule has 0 saturated carbocycles. The number of carbonyl (C=O) groups is 2. The first-order valence-corrected chi connectivity index (χ1v) is 7.86. The number of benzene rings is 1. The van der Waals surface area contributed by atoms with Gasteiger partial charge in [0.2, 0.25) is 5.91 Å². The molecule has 5 nitrogen and oxygen atoms in total. The van der Waals surface area contributed by atoms with Crippen LogP contribution in [0.5, 0.6) is 0 Å². The lowest BCUT2D eigenvalue weighted by atomic mass is 10.0. The van der Waals surface area contributed by atoms with Gasteiger partial charge in [-0.3, -0.25) is 9.59 Å². The van der Waals surface area contributed by atoms with E-state index in [0.29, 0.717) is 16.3 Å². The fourth-order valence-electron chi connectivity index (χ4n) is 1.77. The van der Waals surface area contributed by atoms with Crippen molar-refractivity contribution in [1.29, 1.82) is 0 Å². The van der Waals surface area contributed by atoms with Gasteiger partial charge in [0.1, 0.15) is 0 Å². The highest BCUT2D eigenvalue weighted by Gasteiger charge is 2.17. The maximum absolute atomic E-state index is 11.9. The van der Waals surface area contributed by atoms with Gasteiger partial charge in [-0.15, -0.1) is 11.3 Å². The van der Waals surface area contributed by atoms with Crippen LogP contribution in [0.1, 0.15) is 23.5 Å². The molecule has 1 heterocycles. The third kappa shape index (κ3) is 4.16.